The van der Waals surface area contributed by atoms with Gasteiger partial charge in [0.05, 0.1) is 0 Å². The minimum atomic E-state index is -4.79. The number of amides is 5. The lowest BCUT2D eigenvalue weighted by Crippen LogP contribution is -2.58. The lowest BCUT2D eigenvalue weighted by atomic mass is 10.0. The molecule has 0 aromatic heterocycles. The number of benzene rings is 3. The molecular formula is C36H45N6O9P. The molecule has 4 rings (SSSR count). The van der Waals surface area contributed by atoms with Crippen LogP contribution in [0.4, 0.5) is 0 Å². The maximum atomic E-state index is 14.1. The average Bonchev–Trinajstić information content (AvgIpc) is 3.62. The molecule has 1 aliphatic heterocycles. The summed E-state index contributed by atoms with van der Waals surface area (Å²) < 4.78 is 15.9. The number of primary amides is 1. The Kier molecular flexibility index (Phi) is 14.5. The van der Waals surface area contributed by atoms with Crippen molar-refractivity contribution >= 4 is 37.4 Å². The number of hydrogen-bond donors (Lipinski definition) is 7. The van der Waals surface area contributed by atoms with Crippen molar-refractivity contribution in [1.82, 2.24) is 20.9 Å². The van der Waals surface area contributed by atoms with Crippen molar-refractivity contribution in [3.63, 3.8) is 0 Å². The summed E-state index contributed by atoms with van der Waals surface area (Å²) in [6, 6.07) is 18.8. The first-order chi connectivity index (χ1) is 24.8. The highest BCUT2D eigenvalue weighted by Crippen LogP contribution is 2.37. The molecule has 5 amide bonds. The van der Waals surface area contributed by atoms with Crippen LogP contribution in [0.2, 0.25) is 0 Å². The molecule has 3 aromatic carbocycles. The normalized spacial score (nSPS) is 15.9. The van der Waals surface area contributed by atoms with Crippen LogP contribution in [-0.4, -0.2) is 81.5 Å². The highest BCUT2D eigenvalue weighted by molar-refractivity contribution is 7.46. The smallest absolute Gasteiger partial charge is 0.404 e. The van der Waals surface area contributed by atoms with Gasteiger partial charge in [-0.05, 0) is 74.0 Å². The molecule has 0 saturated carbocycles. The summed E-state index contributed by atoms with van der Waals surface area (Å²) in [5.74, 6) is -3.03. The maximum Gasteiger partial charge on any atom is 0.524 e. The van der Waals surface area contributed by atoms with Crippen LogP contribution in [0.1, 0.15) is 53.6 Å². The first kappa shape index (κ1) is 39.7. The van der Waals surface area contributed by atoms with Crippen molar-refractivity contribution < 1.29 is 42.8 Å². The van der Waals surface area contributed by atoms with E-state index in [-0.39, 0.29) is 31.6 Å². The van der Waals surface area contributed by atoms with Gasteiger partial charge in [-0.15, -0.1) is 0 Å². The number of phosphoric ester groups is 1. The third-order valence-electron chi connectivity index (χ3n) is 8.59. The number of unbranched alkanes of at least 4 members (excludes halogenated alkanes) is 1. The van der Waals surface area contributed by atoms with Gasteiger partial charge in [0.2, 0.25) is 23.6 Å². The van der Waals surface area contributed by atoms with Gasteiger partial charge < -0.3 is 36.8 Å². The van der Waals surface area contributed by atoms with Crippen LogP contribution < -0.4 is 31.9 Å². The quantitative estimate of drug-likeness (QED) is 0.0730. The summed E-state index contributed by atoms with van der Waals surface area (Å²) in [6.45, 7) is 0.605. The molecule has 4 atom stereocenters. The highest BCUT2D eigenvalue weighted by Gasteiger charge is 2.39. The molecule has 3 aromatic rings. The average molecular weight is 737 g/mol. The summed E-state index contributed by atoms with van der Waals surface area (Å²) in [5, 5.41) is 8.25. The number of nitrogens with two attached hydrogens (primary N) is 2. The predicted molar refractivity (Wildman–Crippen MR) is 191 cm³/mol. The summed E-state index contributed by atoms with van der Waals surface area (Å²) in [4.78, 5) is 86.7. The van der Waals surface area contributed by atoms with Crippen LogP contribution >= 0.6 is 7.82 Å². The van der Waals surface area contributed by atoms with E-state index in [4.69, 9.17) is 21.3 Å². The Hall–Kier alpha value is -5.08. The van der Waals surface area contributed by atoms with Gasteiger partial charge in [0.1, 0.15) is 29.9 Å². The number of nitrogens with zero attached hydrogens (tertiary/aromatic N) is 1. The van der Waals surface area contributed by atoms with Gasteiger partial charge >= 0.3 is 7.82 Å². The van der Waals surface area contributed by atoms with E-state index in [0.717, 1.165) is 5.56 Å². The molecule has 1 saturated heterocycles. The second kappa shape index (κ2) is 19.0. The fourth-order valence-electron chi connectivity index (χ4n) is 5.97. The fraction of sp³-hybridized carbons (Fsp3) is 0.361. The van der Waals surface area contributed by atoms with E-state index in [0.29, 0.717) is 43.4 Å². The molecule has 0 unspecified atom stereocenters. The Morgan fingerprint density at radius 2 is 1.42 bits per heavy atom. The Morgan fingerprint density at radius 1 is 0.808 bits per heavy atom. The zero-order chi connectivity index (χ0) is 37.7. The van der Waals surface area contributed by atoms with E-state index in [2.05, 4.69) is 20.5 Å². The van der Waals surface area contributed by atoms with Gasteiger partial charge in [0, 0.05) is 24.9 Å². The van der Waals surface area contributed by atoms with E-state index >= 15 is 0 Å². The van der Waals surface area contributed by atoms with Crippen molar-refractivity contribution in [2.75, 3.05) is 13.1 Å². The van der Waals surface area contributed by atoms with Crippen LogP contribution in [0, 0.1) is 0 Å². The van der Waals surface area contributed by atoms with Crippen molar-refractivity contribution in [2.24, 2.45) is 11.5 Å². The SMILES string of the molecule is NCCCC[C@H](NC(=O)[C@H](Cc1ccc(OP(=O)(O)O)cc1)NC(=O)c1ccccc1)C(=O)N1CCC[C@H]1C(=O)N[C@@H](Cc1ccccc1)C(N)=O. The highest BCUT2D eigenvalue weighted by atomic mass is 31.2. The predicted octanol–water partition coefficient (Wildman–Crippen LogP) is 1.32. The van der Waals surface area contributed by atoms with Crippen LogP contribution in [-0.2, 0) is 36.6 Å². The molecule has 52 heavy (non-hydrogen) atoms. The summed E-state index contributed by atoms with van der Waals surface area (Å²) in [6.07, 6.45) is 2.25. The molecule has 1 fully saturated rings. The Morgan fingerprint density at radius 3 is 2.04 bits per heavy atom. The van der Waals surface area contributed by atoms with Crippen LogP contribution in [0.15, 0.2) is 84.9 Å². The van der Waals surface area contributed by atoms with Gasteiger partial charge in [0.15, 0.2) is 0 Å². The van der Waals surface area contributed by atoms with Crippen LogP contribution in [0.5, 0.6) is 5.75 Å². The monoisotopic (exact) mass is 736 g/mol. The molecule has 16 heteroatoms. The Labute approximate surface area is 301 Å². The van der Waals surface area contributed by atoms with E-state index < -0.39 is 61.5 Å². The van der Waals surface area contributed by atoms with E-state index in [1.54, 1.807) is 30.3 Å². The number of carbonyl (C=O) groups is 5. The molecule has 15 nitrogen and oxygen atoms in total. The largest absolute Gasteiger partial charge is 0.524 e. The number of rotatable bonds is 18. The maximum absolute atomic E-state index is 14.1. The summed E-state index contributed by atoms with van der Waals surface area (Å²) in [5.41, 5.74) is 13.0. The van der Waals surface area contributed by atoms with Gasteiger partial charge in [-0.3, -0.25) is 33.8 Å². The van der Waals surface area contributed by atoms with Gasteiger partial charge in [0.25, 0.3) is 5.91 Å². The number of carbonyl (C=O) groups excluding carboxylic acids is 5. The van der Waals surface area contributed by atoms with Crippen molar-refractivity contribution in [3.8, 4) is 5.75 Å². The molecular weight excluding hydrogens is 691 g/mol. The lowest BCUT2D eigenvalue weighted by molar-refractivity contribution is -0.142. The number of hydrogen-bond acceptors (Lipinski definition) is 8. The first-order valence-corrected chi connectivity index (χ1v) is 18.5. The molecule has 0 spiro atoms. The third-order valence-corrected chi connectivity index (χ3v) is 9.04. The molecule has 9 N–H and O–H groups in total. The Bertz CT molecular complexity index is 1720. The van der Waals surface area contributed by atoms with Crippen LogP contribution in [0.25, 0.3) is 0 Å². The standard InChI is InChI=1S/C36H45N6O9P/c37-20-8-7-14-28(36(47)42-21-9-15-31(42)35(46)40-29(32(38)43)22-24-10-3-1-4-11-24)39-34(45)30(41-33(44)26-12-5-2-6-13-26)23-25-16-18-27(19-17-25)51-52(48,49)50/h1-6,10-13,16-19,28-31H,7-9,14-15,20-23,37H2,(H2,38,43)(H,39,45)(H,40,46)(H,41,44)(H2,48,49,50)/t28-,29-,30-,31-/m0/s1. The zero-order valence-electron chi connectivity index (χ0n) is 28.6. The molecule has 0 bridgehead atoms. The second-order valence-corrected chi connectivity index (χ2v) is 13.7. The first-order valence-electron chi connectivity index (χ1n) is 17.0. The second-order valence-electron chi connectivity index (χ2n) is 12.5. The summed E-state index contributed by atoms with van der Waals surface area (Å²) >= 11 is 0. The third kappa shape index (κ3) is 12.0. The topological polar surface area (TPSA) is 243 Å². The van der Waals surface area contributed by atoms with Crippen molar-refractivity contribution in [2.45, 2.75) is 69.1 Å². The lowest BCUT2D eigenvalue weighted by Gasteiger charge is -2.30. The molecule has 0 aliphatic carbocycles. The van der Waals surface area contributed by atoms with E-state index in [1.165, 1.54) is 29.2 Å². The molecule has 278 valence electrons. The summed E-state index contributed by atoms with van der Waals surface area (Å²) in [7, 11) is -4.79. The minimum absolute atomic E-state index is 0.0467. The Balaban J connectivity index is 1.53. The van der Waals surface area contributed by atoms with E-state index in [9.17, 15) is 28.5 Å². The van der Waals surface area contributed by atoms with Crippen LogP contribution in [0.3, 0.4) is 0 Å². The van der Waals surface area contributed by atoms with E-state index in [1.807, 2.05) is 30.3 Å². The molecule has 1 heterocycles. The minimum Gasteiger partial charge on any atom is -0.404 e. The zero-order valence-corrected chi connectivity index (χ0v) is 29.5. The number of nitrogens with one attached hydrogen (secondary N) is 3. The van der Waals surface area contributed by atoms with Gasteiger partial charge in [-0.1, -0.05) is 60.7 Å². The number of likely N-dealkylation sites (tertiary alicyclic amines) is 1. The van der Waals surface area contributed by atoms with Crippen molar-refractivity contribution in [1.29, 1.82) is 0 Å². The van der Waals surface area contributed by atoms with Gasteiger partial charge in [-0.25, -0.2) is 4.57 Å². The molecule has 0 radical (unpaired) electrons. The fourth-order valence-corrected chi connectivity index (χ4v) is 6.36. The van der Waals surface area contributed by atoms with Crippen molar-refractivity contribution in [3.05, 3.63) is 102 Å². The van der Waals surface area contributed by atoms with Gasteiger partial charge in [-0.2, -0.15) is 0 Å². The molecule has 1 aliphatic rings. The number of phosphoric acid groups is 1.